The molecule has 0 saturated heterocycles. The predicted octanol–water partition coefficient (Wildman–Crippen LogP) is 8.80. The number of hydrogen-bond acceptors (Lipinski definition) is 2. The minimum atomic E-state index is 0.0392. The van der Waals surface area contributed by atoms with Crippen LogP contribution in [0.15, 0.2) is 66.9 Å². The topological polar surface area (TPSA) is 25.8 Å². The molecular weight excluding hydrogens is 412 g/mol. The SMILES string of the molecule is Cc1cc2c(ccc3c(-c4cc(C(C)(C)C)c5ccccc5c4)nccc32)c(CC(C)(C)C)n1. The summed E-state index contributed by atoms with van der Waals surface area (Å²) in [6.07, 6.45) is 2.91. The van der Waals surface area contributed by atoms with Gasteiger partial charge in [0.2, 0.25) is 0 Å². The summed E-state index contributed by atoms with van der Waals surface area (Å²) in [5.74, 6) is 0. The second kappa shape index (κ2) is 7.91. The highest BCUT2D eigenvalue weighted by molar-refractivity contribution is 6.12. The van der Waals surface area contributed by atoms with Crippen LogP contribution in [0.3, 0.4) is 0 Å². The highest BCUT2D eigenvalue weighted by atomic mass is 14.7. The van der Waals surface area contributed by atoms with Crippen LogP contribution in [0.1, 0.15) is 58.5 Å². The first-order valence-electron chi connectivity index (χ1n) is 12.2. The number of hydrogen-bond donors (Lipinski definition) is 0. The molecule has 0 atom stereocenters. The normalized spacial score (nSPS) is 12.7. The largest absolute Gasteiger partial charge is 0.257 e. The van der Waals surface area contributed by atoms with Gasteiger partial charge in [-0.3, -0.25) is 9.97 Å². The Hall–Kier alpha value is -3.26. The molecule has 3 aromatic carbocycles. The Kier molecular flexibility index (Phi) is 5.24. The Morgan fingerprint density at radius 2 is 1.44 bits per heavy atom. The summed E-state index contributed by atoms with van der Waals surface area (Å²) in [6.45, 7) is 15.8. The second-order valence-electron chi connectivity index (χ2n) is 11.9. The van der Waals surface area contributed by atoms with Crippen molar-refractivity contribution in [2.75, 3.05) is 0 Å². The van der Waals surface area contributed by atoms with E-state index in [-0.39, 0.29) is 10.8 Å². The van der Waals surface area contributed by atoms with Gasteiger partial charge in [0, 0.05) is 33.9 Å². The number of benzene rings is 3. The standard InChI is InChI=1S/C32H34N2/c1-20-16-27-24-14-15-33-30(26(24)13-12-25(27)29(34-20)19-31(2,3)4)22-17-21-10-8-9-11-23(21)28(18-22)32(5,6)7/h8-18H,19H2,1-7H3. The molecule has 2 heteroatoms. The number of nitrogens with zero attached hydrogens (tertiary/aromatic N) is 2. The molecule has 0 aliphatic heterocycles. The highest BCUT2D eigenvalue weighted by Crippen LogP contribution is 2.38. The molecule has 0 N–H and O–H groups in total. The molecule has 0 saturated carbocycles. The minimum absolute atomic E-state index is 0.0392. The summed E-state index contributed by atoms with van der Waals surface area (Å²) >= 11 is 0. The Morgan fingerprint density at radius 1 is 0.706 bits per heavy atom. The summed E-state index contributed by atoms with van der Waals surface area (Å²) in [5, 5.41) is 7.53. The smallest absolute Gasteiger partial charge is 0.0780 e. The van der Waals surface area contributed by atoms with Crippen molar-refractivity contribution in [3.63, 3.8) is 0 Å². The molecular formula is C32H34N2. The fraction of sp³-hybridized carbons (Fsp3) is 0.312. The maximum absolute atomic E-state index is 4.93. The zero-order valence-corrected chi connectivity index (χ0v) is 21.5. The molecule has 0 fully saturated rings. The maximum atomic E-state index is 4.93. The Morgan fingerprint density at radius 3 is 2.18 bits per heavy atom. The van der Waals surface area contributed by atoms with Crippen LogP contribution < -0.4 is 0 Å². The fourth-order valence-corrected chi connectivity index (χ4v) is 5.13. The maximum Gasteiger partial charge on any atom is 0.0780 e. The van der Waals surface area contributed by atoms with E-state index < -0.39 is 0 Å². The molecule has 2 heterocycles. The van der Waals surface area contributed by atoms with Gasteiger partial charge in [0.05, 0.1) is 5.69 Å². The molecule has 0 radical (unpaired) electrons. The highest BCUT2D eigenvalue weighted by Gasteiger charge is 2.20. The lowest BCUT2D eigenvalue weighted by atomic mass is 9.82. The molecule has 0 unspecified atom stereocenters. The average molecular weight is 447 g/mol. The second-order valence-corrected chi connectivity index (χ2v) is 11.9. The van der Waals surface area contributed by atoms with Crippen LogP contribution in [-0.2, 0) is 11.8 Å². The van der Waals surface area contributed by atoms with Crippen molar-refractivity contribution in [3.05, 3.63) is 83.8 Å². The zero-order chi connectivity index (χ0) is 24.3. The van der Waals surface area contributed by atoms with E-state index in [4.69, 9.17) is 9.97 Å². The van der Waals surface area contributed by atoms with Crippen molar-refractivity contribution in [1.82, 2.24) is 9.97 Å². The summed E-state index contributed by atoms with van der Waals surface area (Å²) in [5.41, 5.74) is 6.05. The van der Waals surface area contributed by atoms with Gasteiger partial charge in [-0.2, -0.15) is 0 Å². The molecule has 0 bridgehead atoms. The lowest BCUT2D eigenvalue weighted by Crippen LogP contribution is -2.12. The summed E-state index contributed by atoms with van der Waals surface area (Å²) < 4.78 is 0. The van der Waals surface area contributed by atoms with Crippen LogP contribution in [0, 0.1) is 12.3 Å². The van der Waals surface area contributed by atoms with E-state index in [2.05, 4.69) is 109 Å². The molecule has 5 aromatic rings. The van der Waals surface area contributed by atoms with E-state index in [0.29, 0.717) is 0 Å². The molecule has 0 amide bonds. The van der Waals surface area contributed by atoms with E-state index in [9.17, 15) is 0 Å². The van der Waals surface area contributed by atoms with E-state index >= 15 is 0 Å². The van der Waals surface area contributed by atoms with Crippen LogP contribution >= 0.6 is 0 Å². The van der Waals surface area contributed by atoms with Gasteiger partial charge in [0.15, 0.2) is 0 Å². The van der Waals surface area contributed by atoms with Crippen molar-refractivity contribution in [3.8, 4) is 11.3 Å². The van der Waals surface area contributed by atoms with E-state index in [1.165, 1.54) is 49.1 Å². The minimum Gasteiger partial charge on any atom is -0.257 e. The fourth-order valence-electron chi connectivity index (χ4n) is 5.13. The molecule has 0 spiro atoms. The van der Waals surface area contributed by atoms with Crippen LogP contribution in [0.2, 0.25) is 0 Å². The molecule has 2 aromatic heterocycles. The quantitative estimate of drug-likeness (QED) is 0.253. The first kappa shape index (κ1) is 22.5. The lowest BCUT2D eigenvalue weighted by molar-refractivity contribution is 0.408. The van der Waals surface area contributed by atoms with E-state index in [1.54, 1.807) is 0 Å². The third-order valence-corrected chi connectivity index (χ3v) is 6.60. The Bertz CT molecular complexity index is 1550. The van der Waals surface area contributed by atoms with Crippen LogP contribution in [0.4, 0.5) is 0 Å². The van der Waals surface area contributed by atoms with Gasteiger partial charge >= 0.3 is 0 Å². The van der Waals surface area contributed by atoms with Gasteiger partial charge in [-0.15, -0.1) is 0 Å². The van der Waals surface area contributed by atoms with Crippen molar-refractivity contribution in [1.29, 1.82) is 0 Å². The van der Waals surface area contributed by atoms with Crippen LogP contribution in [0.5, 0.6) is 0 Å². The van der Waals surface area contributed by atoms with Crippen LogP contribution in [0.25, 0.3) is 43.6 Å². The van der Waals surface area contributed by atoms with Crippen molar-refractivity contribution in [2.45, 2.75) is 60.3 Å². The molecule has 0 aliphatic carbocycles. The first-order valence-corrected chi connectivity index (χ1v) is 12.2. The van der Waals surface area contributed by atoms with Crippen LogP contribution in [-0.4, -0.2) is 9.97 Å². The number of rotatable bonds is 2. The van der Waals surface area contributed by atoms with Gasteiger partial charge in [-0.05, 0) is 75.5 Å². The molecule has 172 valence electrons. The molecule has 5 rings (SSSR count). The van der Waals surface area contributed by atoms with E-state index in [0.717, 1.165) is 17.8 Å². The number of pyridine rings is 2. The molecule has 0 aliphatic rings. The van der Waals surface area contributed by atoms with Crippen molar-refractivity contribution >= 4 is 32.3 Å². The van der Waals surface area contributed by atoms with Gasteiger partial charge in [0.1, 0.15) is 0 Å². The Balaban J connectivity index is 1.80. The number of fused-ring (bicyclic) bond motifs is 4. The summed E-state index contributed by atoms with van der Waals surface area (Å²) in [4.78, 5) is 9.83. The monoisotopic (exact) mass is 446 g/mol. The number of aryl methyl sites for hydroxylation is 1. The van der Waals surface area contributed by atoms with Gasteiger partial charge in [0.25, 0.3) is 0 Å². The molecule has 2 nitrogen and oxygen atoms in total. The molecule has 34 heavy (non-hydrogen) atoms. The predicted molar refractivity (Wildman–Crippen MR) is 147 cm³/mol. The van der Waals surface area contributed by atoms with Gasteiger partial charge in [-0.1, -0.05) is 77.9 Å². The van der Waals surface area contributed by atoms with Crippen molar-refractivity contribution < 1.29 is 0 Å². The zero-order valence-electron chi connectivity index (χ0n) is 21.5. The third-order valence-electron chi connectivity index (χ3n) is 6.60. The lowest BCUT2D eigenvalue weighted by Gasteiger charge is -2.23. The first-order chi connectivity index (χ1) is 16.0. The van der Waals surface area contributed by atoms with E-state index in [1.807, 2.05) is 6.20 Å². The summed E-state index contributed by atoms with van der Waals surface area (Å²) in [7, 11) is 0. The number of aromatic nitrogens is 2. The average Bonchev–Trinajstić information content (AvgIpc) is 2.76. The Labute approximate surface area is 203 Å². The third kappa shape index (κ3) is 4.07. The summed E-state index contributed by atoms with van der Waals surface area (Å²) in [6, 6.07) is 22.2. The van der Waals surface area contributed by atoms with Gasteiger partial charge in [-0.25, -0.2) is 0 Å². The van der Waals surface area contributed by atoms with Gasteiger partial charge < -0.3 is 0 Å². The van der Waals surface area contributed by atoms with Crippen molar-refractivity contribution in [2.24, 2.45) is 5.41 Å².